The maximum atomic E-state index is 12.4. The van der Waals surface area contributed by atoms with Crippen LogP contribution in [0.5, 0.6) is 17.4 Å². The summed E-state index contributed by atoms with van der Waals surface area (Å²) in [6.45, 7) is 2.09. The van der Waals surface area contributed by atoms with Crippen molar-refractivity contribution in [2.45, 2.75) is 12.5 Å². The normalized spacial score (nSPS) is 17.2. The zero-order valence-electron chi connectivity index (χ0n) is 17.8. The molecule has 0 aliphatic carbocycles. The quantitative estimate of drug-likeness (QED) is 0.573. The maximum absolute atomic E-state index is 12.4. The molecule has 4 heterocycles. The van der Waals surface area contributed by atoms with Crippen molar-refractivity contribution in [3.63, 3.8) is 0 Å². The van der Waals surface area contributed by atoms with E-state index in [1.165, 1.54) is 13.3 Å². The predicted molar refractivity (Wildman–Crippen MR) is 114 cm³/mol. The fraction of sp³-hybridized carbons (Fsp3) is 0.318. The van der Waals surface area contributed by atoms with Crippen LogP contribution in [0.2, 0.25) is 0 Å². The third-order valence-corrected chi connectivity index (χ3v) is 5.57. The number of nitriles is 1. The number of benzene rings is 1. The summed E-state index contributed by atoms with van der Waals surface area (Å²) in [6.07, 6.45) is 3.52. The molecule has 1 saturated heterocycles. The summed E-state index contributed by atoms with van der Waals surface area (Å²) in [4.78, 5) is 20.4. The van der Waals surface area contributed by atoms with Crippen LogP contribution < -0.4 is 19.1 Å². The molecule has 5 rings (SSSR count). The highest BCUT2D eigenvalue weighted by atomic mass is 16.6. The average Bonchev–Trinajstić information content (AvgIpc) is 3.55. The Labute approximate surface area is 189 Å². The Morgan fingerprint density at radius 3 is 2.97 bits per heavy atom. The van der Waals surface area contributed by atoms with E-state index in [1.54, 1.807) is 17.2 Å². The highest BCUT2D eigenvalue weighted by Crippen LogP contribution is 2.40. The molecule has 0 saturated carbocycles. The molecular weight excluding hydrogens is 428 g/mol. The molecule has 1 amide bonds. The molecule has 33 heavy (non-hydrogen) atoms. The summed E-state index contributed by atoms with van der Waals surface area (Å²) in [5.74, 6) is 1.43. The summed E-state index contributed by atoms with van der Waals surface area (Å²) >= 11 is 0. The van der Waals surface area contributed by atoms with Crippen molar-refractivity contribution in [1.29, 1.82) is 5.26 Å². The van der Waals surface area contributed by atoms with Crippen molar-refractivity contribution in [2.24, 2.45) is 0 Å². The Hall–Kier alpha value is -4.33. The van der Waals surface area contributed by atoms with Gasteiger partial charge in [0.25, 0.3) is 5.91 Å². The lowest BCUT2D eigenvalue weighted by Crippen LogP contribution is -2.31. The van der Waals surface area contributed by atoms with Crippen LogP contribution >= 0.6 is 0 Å². The number of amides is 1. The smallest absolute Gasteiger partial charge is 0.277 e. The third-order valence-electron chi connectivity index (χ3n) is 5.57. The Kier molecular flexibility index (Phi) is 5.40. The summed E-state index contributed by atoms with van der Waals surface area (Å²) in [5, 5.41) is 16.5. The van der Waals surface area contributed by atoms with Gasteiger partial charge in [0.15, 0.2) is 5.69 Å². The van der Waals surface area contributed by atoms with Crippen LogP contribution in [0.15, 0.2) is 41.3 Å². The number of anilines is 2. The third kappa shape index (κ3) is 3.98. The number of likely N-dealkylation sites (tertiary alicyclic amines) is 1. The molecule has 2 aromatic heterocycles. The minimum Gasteiger partial charge on any atom is -0.490 e. The molecule has 168 valence electrons. The molecule has 0 spiro atoms. The van der Waals surface area contributed by atoms with Crippen molar-refractivity contribution < 1.29 is 23.6 Å². The number of pyridine rings is 1. The van der Waals surface area contributed by atoms with Crippen LogP contribution in [0.4, 0.5) is 11.4 Å². The van der Waals surface area contributed by atoms with Crippen molar-refractivity contribution >= 4 is 17.3 Å². The van der Waals surface area contributed by atoms with Gasteiger partial charge < -0.3 is 24.0 Å². The first-order valence-electron chi connectivity index (χ1n) is 10.4. The Balaban J connectivity index is 1.34. The molecule has 1 aromatic carbocycles. The van der Waals surface area contributed by atoms with Crippen molar-refractivity contribution in [3.8, 4) is 23.4 Å². The van der Waals surface area contributed by atoms with E-state index >= 15 is 0 Å². The van der Waals surface area contributed by atoms with E-state index in [4.69, 9.17) is 14.2 Å². The van der Waals surface area contributed by atoms with Gasteiger partial charge in [-0.2, -0.15) is 5.26 Å². The number of aromatic nitrogens is 3. The second kappa shape index (κ2) is 8.66. The number of methoxy groups -OCH3 is 1. The van der Waals surface area contributed by atoms with Crippen molar-refractivity contribution in [1.82, 2.24) is 20.2 Å². The van der Waals surface area contributed by atoms with E-state index in [9.17, 15) is 10.1 Å². The van der Waals surface area contributed by atoms with E-state index in [0.717, 1.165) is 11.4 Å². The molecule has 0 N–H and O–H groups in total. The second-order valence-electron chi connectivity index (χ2n) is 7.56. The number of rotatable bonds is 5. The Morgan fingerprint density at radius 2 is 2.18 bits per heavy atom. The highest BCUT2D eigenvalue weighted by molar-refractivity contribution is 5.92. The lowest BCUT2D eigenvalue weighted by molar-refractivity contribution is 0.0761. The van der Waals surface area contributed by atoms with Crippen LogP contribution in [0.3, 0.4) is 0 Å². The molecule has 11 heteroatoms. The van der Waals surface area contributed by atoms with E-state index in [-0.39, 0.29) is 23.6 Å². The van der Waals surface area contributed by atoms with Crippen LogP contribution in [0.25, 0.3) is 0 Å². The van der Waals surface area contributed by atoms with E-state index in [1.807, 2.05) is 23.1 Å². The van der Waals surface area contributed by atoms with E-state index in [2.05, 4.69) is 26.0 Å². The molecule has 2 aliphatic rings. The molecule has 3 aromatic rings. The van der Waals surface area contributed by atoms with Gasteiger partial charge in [-0.05, 0) is 23.4 Å². The zero-order chi connectivity index (χ0) is 22.8. The summed E-state index contributed by atoms with van der Waals surface area (Å²) in [5.41, 5.74) is 2.11. The fourth-order valence-electron chi connectivity index (χ4n) is 3.99. The van der Waals surface area contributed by atoms with Gasteiger partial charge in [-0.15, -0.1) is 0 Å². The average molecular weight is 448 g/mol. The molecule has 0 bridgehead atoms. The number of hydrogen-bond donors (Lipinski definition) is 0. The van der Waals surface area contributed by atoms with Crippen LogP contribution in [0.1, 0.15) is 22.5 Å². The van der Waals surface area contributed by atoms with Gasteiger partial charge in [0.2, 0.25) is 5.88 Å². The number of ether oxygens (including phenoxy) is 3. The SMILES string of the molecule is COc1ncc(N2CCOc3ccc(OC4CCN(C(=O)c5cnon5)C4)cc32)cc1C#N. The highest BCUT2D eigenvalue weighted by Gasteiger charge is 2.30. The van der Waals surface area contributed by atoms with Gasteiger partial charge in [-0.3, -0.25) is 4.79 Å². The lowest BCUT2D eigenvalue weighted by Gasteiger charge is -2.31. The number of fused-ring (bicyclic) bond motifs is 1. The summed E-state index contributed by atoms with van der Waals surface area (Å²) < 4.78 is 21.7. The molecule has 1 fully saturated rings. The first-order valence-corrected chi connectivity index (χ1v) is 10.4. The van der Waals surface area contributed by atoms with E-state index < -0.39 is 0 Å². The fourth-order valence-corrected chi connectivity index (χ4v) is 3.99. The van der Waals surface area contributed by atoms with Gasteiger partial charge in [0.05, 0.1) is 37.8 Å². The largest absolute Gasteiger partial charge is 0.490 e. The monoisotopic (exact) mass is 448 g/mol. The van der Waals surface area contributed by atoms with Crippen molar-refractivity contribution in [2.75, 3.05) is 38.3 Å². The van der Waals surface area contributed by atoms with Gasteiger partial charge in [0.1, 0.15) is 42.0 Å². The minimum absolute atomic E-state index is 0.155. The molecule has 0 radical (unpaired) electrons. The molecule has 11 nitrogen and oxygen atoms in total. The van der Waals surface area contributed by atoms with Gasteiger partial charge in [-0.1, -0.05) is 5.16 Å². The number of carbonyl (C=O) groups excluding carboxylic acids is 1. The standard InChI is InChI=1S/C22H20N6O5/c1-30-21-14(10-23)8-15(11-24-21)28-6-7-31-20-3-2-16(9-19(20)28)32-17-4-5-27(13-17)22(29)18-12-25-33-26-18/h2-3,8-9,11-12,17H,4-7,13H2,1H3. The number of nitrogens with zero attached hydrogens (tertiary/aromatic N) is 6. The van der Waals surface area contributed by atoms with Crippen LogP contribution in [0, 0.1) is 11.3 Å². The van der Waals surface area contributed by atoms with E-state index in [0.29, 0.717) is 49.7 Å². The van der Waals surface area contributed by atoms with Crippen LogP contribution in [-0.4, -0.2) is 65.6 Å². The molecule has 1 atom stereocenters. The summed E-state index contributed by atoms with van der Waals surface area (Å²) in [6, 6.07) is 9.47. The lowest BCUT2D eigenvalue weighted by atomic mass is 10.2. The maximum Gasteiger partial charge on any atom is 0.277 e. The summed E-state index contributed by atoms with van der Waals surface area (Å²) in [7, 11) is 1.48. The number of carbonyl (C=O) groups is 1. The van der Waals surface area contributed by atoms with Gasteiger partial charge >= 0.3 is 0 Å². The molecule has 1 unspecified atom stereocenters. The molecule has 2 aliphatic heterocycles. The first kappa shape index (κ1) is 20.6. The zero-order valence-corrected chi connectivity index (χ0v) is 17.8. The number of hydrogen-bond acceptors (Lipinski definition) is 10. The minimum atomic E-state index is -0.229. The predicted octanol–water partition coefficient (Wildman–Crippen LogP) is 2.17. The van der Waals surface area contributed by atoms with Crippen molar-refractivity contribution in [3.05, 3.63) is 47.9 Å². The Bertz CT molecular complexity index is 1210. The van der Waals surface area contributed by atoms with Crippen LogP contribution in [-0.2, 0) is 0 Å². The topological polar surface area (TPSA) is 127 Å². The first-order chi connectivity index (χ1) is 16.2. The molecular formula is C22H20N6O5. The Morgan fingerprint density at radius 1 is 1.27 bits per heavy atom. The van der Waals surface area contributed by atoms with Gasteiger partial charge in [-0.25, -0.2) is 9.61 Å². The second-order valence-corrected chi connectivity index (χ2v) is 7.56. The van der Waals surface area contributed by atoms with Gasteiger partial charge in [0, 0.05) is 19.0 Å².